The predicted octanol–water partition coefficient (Wildman–Crippen LogP) is 2.52. The SMILES string of the molecule is CCCC[C@@H](C)C[C@@H](O)CC(=O)OCC. The Morgan fingerprint density at radius 1 is 1.40 bits per heavy atom. The van der Waals surface area contributed by atoms with E-state index in [0.717, 1.165) is 6.42 Å². The highest BCUT2D eigenvalue weighted by Gasteiger charge is 2.14. The van der Waals surface area contributed by atoms with E-state index in [4.69, 9.17) is 4.74 Å². The summed E-state index contributed by atoms with van der Waals surface area (Å²) in [7, 11) is 0. The van der Waals surface area contributed by atoms with Crippen LogP contribution in [0.25, 0.3) is 0 Å². The van der Waals surface area contributed by atoms with Crippen molar-refractivity contribution < 1.29 is 14.6 Å². The second-order valence-electron chi connectivity index (χ2n) is 4.15. The van der Waals surface area contributed by atoms with Gasteiger partial charge in [-0.25, -0.2) is 0 Å². The summed E-state index contributed by atoms with van der Waals surface area (Å²) in [5, 5.41) is 9.62. The maximum absolute atomic E-state index is 11.1. The standard InChI is InChI=1S/C12H24O3/c1-4-6-7-10(3)8-11(13)9-12(14)15-5-2/h10-11,13H,4-9H2,1-3H3/t10-,11-/m1/s1. The molecule has 2 atom stereocenters. The largest absolute Gasteiger partial charge is 0.466 e. The Morgan fingerprint density at radius 3 is 2.60 bits per heavy atom. The zero-order valence-electron chi connectivity index (χ0n) is 10.2. The molecule has 0 rings (SSSR count). The molecular formula is C12H24O3. The summed E-state index contributed by atoms with van der Waals surface area (Å²) < 4.78 is 4.78. The lowest BCUT2D eigenvalue weighted by atomic mass is 9.96. The normalized spacial score (nSPS) is 14.7. The molecule has 15 heavy (non-hydrogen) atoms. The molecule has 0 saturated heterocycles. The van der Waals surface area contributed by atoms with Gasteiger partial charge in [0, 0.05) is 0 Å². The van der Waals surface area contributed by atoms with E-state index in [2.05, 4.69) is 13.8 Å². The Hall–Kier alpha value is -0.570. The minimum atomic E-state index is -0.545. The van der Waals surface area contributed by atoms with E-state index < -0.39 is 6.10 Å². The van der Waals surface area contributed by atoms with Crippen molar-refractivity contribution in [1.29, 1.82) is 0 Å². The van der Waals surface area contributed by atoms with Gasteiger partial charge >= 0.3 is 5.97 Å². The number of aliphatic hydroxyl groups excluding tert-OH is 1. The Balaban J connectivity index is 3.62. The minimum absolute atomic E-state index is 0.129. The van der Waals surface area contributed by atoms with Crippen LogP contribution in [-0.2, 0) is 9.53 Å². The van der Waals surface area contributed by atoms with Gasteiger partial charge in [0.2, 0.25) is 0 Å². The van der Waals surface area contributed by atoms with Crippen LogP contribution in [0.1, 0.15) is 52.9 Å². The molecule has 0 aliphatic heterocycles. The summed E-state index contributed by atoms with van der Waals surface area (Å²) in [6.45, 7) is 6.43. The zero-order chi connectivity index (χ0) is 11.7. The van der Waals surface area contributed by atoms with Crippen LogP contribution in [0.5, 0.6) is 0 Å². The molecule has 0 fully saturated rings. The topological polar surface area (TPSA) is 46.5 Å². The van der Waals surface area contributed by atoms with Crippen LogP contribution < -0.4 is 0 Å². The molecule has 0 bridgehead atoms. The number of carbonyl (C=O) groups is 1. The van der Waals surface area contributed by atoms with Gasteiger partial charge in [-0.2, -0.15) is 0 Å². The number of rotatable bonds is 8. The highest BCUT2D eigenvalue weighted by molar-refractivity contribution is 5.69. The number of esters is 1. The van der Waals surface area contributed by atoms with Gasteiger partial charge in [-0.15, -0.1) is 0 Å². The first-order valence-electron chi connectivity index (χ1n) is 5.93. The third-order valence-corrected chi connectivity index (χ3v) is 2.43. The fourth-order valence-electron chi connectivity index (χ4n) is 1.63. The molecule has 0 aliphatic rings. The Morgan fingerprint density at radius 2 is 2.07 bits per heavy atom. The summed E-state index contributed by atoms with van der Waals surface area (Å²) in [5.41, 5.74) is 0. The summed E-state index contributed by atoms with van der Waals surface area (Å²) in [6, 6.07) is 0. The van der Waals surface area contributed by atoms with Crippen molar-refractivity contribution in [2.75, 3.05) is 6.61 Å². The van der Waals surface area contributed by atoms with Gasteiger partial charge in [0.1, 0.15) is 0 Å². The number of ether oxygens (including phenoxy) is 1. The van der Waals surface area contributed by atoms with E-state index in [1.165, 1.54) is 12.8 Å². The van der Waals surface area contributed by atoms with E-state index in [1.807, 2.05) is 0 Å². The van der Waals surface area contributed by atoms with Crippen molar-refractivity contribution in [3.8, 4) is 0 Å². The molecule has 0 unspecified atom stereocenters. The molecule has 90 valence electrons. The highest BCUT2D eigenvalue weighted by Crippen LogP contribution is 2.15. The highest BCUT2D eigenvalue weighted by atomic mass is 16.5. The van der Waals surface area contributed by atoms with E-state index in [-0.39, 0.29) is 12.4 Å². The van der Waals surface area contributed by atoms with Crippen LogP contribution in [0.15, 0.2) is 0 Å². The second-order valence-corrected chi connectivity index (χ2v) is 4.15. The van der Waals surface area contributed by atoms with E-state index in [0.29, 0.717) is 18.9 Å². The maximum Gasteiger partial charge on any atom is 0.308 e. The van der Waals surface area contributed by atoms with Crippen molar-refractivity contribution >= 4 is 5.97 Å². The lowest BCUT2D eigenvalue weighted by Crippen LogP contribution is -2.18. The van der Waals surface area contributed by atoms with E-state index in [9.17, 15) is 9.90 Å². The molecule has 3 nitrogen and oxygen atoms in total. The Kier molecular flexibility index (Phi) is 8.38. The van der Waals surface area contributed by atoms with Gasteiger partial charge in [0.05, 0.1) is 19.1 Å². The number of unbranched alkanes of at least 4 members (excludes halogenated alkanes) is 1. The molecule has 0 aromatic carbocycles. The fourth-order valence-corrected chi connectivity index (χ4v) is 1.63. The number of carbonyl (C=O) groups excluding carboxylic acids is 1. The maximum atomic E-state index is 11.1. The summed E-state index contributed by atoms with van der Waals surface area (Å²) in [4.78, 5) is 11.1. The second kappa shape index (κ2) is 8.72. The van der Waals surface area contributed by atoms with E-state index in [1.54, 1.807) is 6.92 Å². The summed E-state index contributed by atoms with van der Waals surface area (Å²) >= 11 is 0. The number of hydrogen-bond donors (Lipinski definition) is 1. The van der Waals surface area contributed by atoms with Crippen molar-refractivity contribution in [2.45, 2.75) is 59.0 Å². The van der Waals surface area contributed by atoms with Crippen LogP contribution in [-0.4, -0.2) is 23.8 Å². The molecule has 0 aromatic rings. The van der Waals surface area contributed by atoms with Gasteiger partial charge in [0.25, 0.3) is 0 Å². The molecule has 1 N–H and O–H groups in total. The average Bonchev–Trinajstić information content (AvgIpc) is 2.14. The van der Waals surface area contributed by atoms with E-state index >= 15 is 0 Å². The van der Waals surface area contributed by atoms with Crippen molar-refractivity contribution in [2.24, 2.45) is 5.92 Å². The molecule has 0 saturated carbocycles. The summed E-state index contributed by atoms with van der Waals surface area (Å²) in [6.07, 6.45) is 3.77. The first kappa shape index (κ1) is 14.4. The smallest absolute Gasteiger partial charge is 0.308 e. The third kappa shape index (κ3) is 8.43. The average molecular weight is 216 g/mol. The molecule has 0 aromatic heterocycles. The number of aliphatic hydroxyl groups is 1. The van der Waals surface area contributed by atoms with Crippen LogP contribution in [0.2, 0.25) is 0 Å². The van der Waals surface area contributed by atoms with Crippen LogP contribution in [0.3, 0.4) is 0 Å². The molecule has 3 heteroatoms. The van der Waals surface area contributed by atoms with Crippen LogP contribution in [0, 0.1) is 5.92 Å². The fraction of sp³-hybridized carbons (Fsp3) is 0.917. The van der Waals surface area contributed by atoms with Crippen LogP contribution in [0.4, 0.5) is 0 Å². The van der Waals surface area contributed by atoms with Gasteiger partial charge in [0.15, 0.2) is 0 Å². The number of hydrogen-bond acceptors (Lipinski definition) is 3. The molecule has 0 spiro atoms. The predicted molar refractivity (Wildman–Crippen MR) is 60.6 cm³/mol. The Labute approximate surface area is 92.8 Å². The molecule has 0 heterocycles. The van der Waals surface area contributed by atoms with Crippen LogP contribution >= 0.6 is 0 Å². The molecule has 0 radical (unpaired) electrons. The minimum Gasteiger partial charge on any atom is -0.466 e. The van der Waals surface area contributed by atoms with Gasteiger partial charge in [-0.05, 0) is 19.3 Å². The lowest BCUT2D eigenvalue weighted by molar-refractivity contribution is -0.145. The first-order chi connectivity index (χ1) is 7.10. The molecule has 0 aliphatic carbocycles. The monoisotopic (exact) mass is 216 g/mol. The Bertz CT molecular complexity index is 168. The van der Waals surface area contributed by atoms with Gasteiger partial charge in [-0.3, -0.25) is 4.79 Å². The molecular weight excluding hydrogens is 192 g/mol. The van der Waals surface area contributed by atoms with Gasteiger partial charge in [-0.1, -0.05) is 33.1 Å². The van der Waals surface area contributed by atoms with Crippen molar-refractivity contribution in [3.05, 3.63) is 0 Å². The van der Waals surface area contributed by atoms with Crippen molar-refractivity contribution in [3.63, 3.8) is 0 Å². The summed E-state index contributed by atoms with van der Waals surface area (Å²) in [5.74, 6) is 0.182. The quantitative estimate of drug-likeness (QED) is 0.634. The third-order valence-electron chi connectivity index (χ3n) is 2.43. The molecule has 0 amide bonds. The first-order valence-corrected chi connectivity index (χ1v) is 5.93. The van der Waals surface area contributed by atoms with Gasteiger partial charge < -0.3 is 9.84 Å². The lowest BCUT2D eigenvalue weighted by Gasteiger charge is -2.15. The zero-order valence-corrected chi connectivity index (χ0v) is 10.2. The van der Waals surface area contributed by atoms with Crippen molar-refractivity contribution in [1.82, 2.24) is 0 Å².